The smallest absolute Gasteiger partial charge is 0.203 e. The first-order valence-corrected chi connectivity index (χ1v) is 8.78. The maximum absolute atomic E-state index is 4.53. The normalized spacial score (nSPS) is 11.3. The van der Waals surface area contributed by atoms with Gasteiger partial charge in [-0.15, -0.1) is 22.7 Å². The minimum atomic E-state index is 0.784. The summed E-state index contributed by atoms with van der Waals surface area (Å²) in [6, 6.07) is 14.1. The molecule has 0 spiro atoms. The highest BCUT2D eigenvalue weighted by molar-refractivity contribution is 7.15. The van der Waals surface area contributed by atoms with Gasteiger partial charge in [-0.25, -0.2) is 4.98 Å². The Bertz CT molecular complexity index is 958. The SMILES string of the molecule is C(=N\Nc1nc(-c2cccs2)cs1)/c1ccc2ncccc2c1. The molecule has 4 nitrogen and oxygen atoms in total. The third-order valence-corrected chi connectivity index (χ3v) is 4.92. The van der Waals surface area contributed by atoms with E-state index in [-0.39, 0.29) is 0 Å². The van der Waals surface area contributed by atoms with E-state index in [4.69, 9.17) is 0 Å². The quantitative estimate of drug-likeness (QED) is 0.427. The number of hydrogen-bond donors (Lipinski definition) is 1. The summed E-state index contributed by atoms with van der Waals surface area (Å²) in [5.41, 5.74) is 5.98. The molecule has 0 atom stereocenters. The zero-order chi connectivity index (χ0) is 15.5. The van der Waals surface area contributed by atoms with E-state index in [2.05, 4.69) is 38.0 Å². The van der Waals surface area contributed by atoms with Gasteiger partial charge in [-0.05, 0) is 35.2 Å². The summed E-state index contributed by atoms with van der Waals surface area (Å²) in [4.78, 5) is 10.0. The van der Waals surface area contributed by atoms with E-state index in [9.17, 15) is 0 Å². The van der Waals surface area contributed by atoms with Crippen molar-refractivity contribution in [1.29, 1.82) is 0 Å². The van der Waals surface area contributed by atoms with Crippen molar-refractivity contribution in [3.63, 3.8) is 0 Å². The van der Waals surface area contributed by atoms with Crippen LogP contribution in [0.2, 0.25) is 0 Å². The number of fused-ring (bicyclic) bond motifs is 1. The van der Waals surface area contributed by atoms with E-state index in [1.807, 2.05) is 35.7 Å². The van der Waals surface area contributed by atoms with Crippen molar-refractivity contribution in [3.8, 4) is 10.6 Å². The maximum Gasteiger partial charge on any atom is 0.203 e. The number of thiazole rings is 1. The first-order chi connectivity index (χ1) is 11.4. The summed E-state index contributed by atoms with van der Waals surface area (Å²) in [5.74, 6) is 0. The molecular formula is C17H12N4S2. The molecule has 0 aliphatic rings. The molecule has 0 fully saturated rings. The van der Waals surface area contributed by atoms with Crippen LogP contribution in [0.15, 0.2) is 64.5 Å². The minimum absolute atomic E-state index is 0.784. The van der Waals surface area contributed by atoms with E-state index in [0.717, 1.165) is 27.3 Å². The molecule has 0 aliphatic carbocycles. The predicted octanol–water partition coefficient (Wildman–Crippen LogP) is 4.87. The standard InChI is InChI=1S/C17H12N4S2/c1-3-13-9-12(5-6-14(13)18-7-1)10-19-21-17-20-15(11-23-17)16-4-2-8-22-16/h1-11H,(H,20,21)/b19-10+. The predicted molar refractivity (Wildman–Crippen MR) is 98.4 cm³/mol. The second-order valence-corrected chi connectivity index (χ2v) is 6.65. The monoisotopic (exact) mass is 336 g/mol. The van der Waals surface area contributed by atoms with Gasteiger partial charge in [-0.3, -0.25) is 10.4 Å². The van der Waals surface area contributed by atoms with Crippen molar-refractivity contribution in [3.05, 3.63) is 65.0 Å². The number of hydrazone groups is 1. The van der Waals surface area contributed by atoms with Gasteiger partial charge in [0.2, 0.25) is 5.13 Å². The largest absolute Gasteiger partial charge is 0.256 e. The second-order valence-electron chi connectivity index (χ2n) is 4.84. The Morgan fingerprint density at radius 2 is 2.09 bits per heavy atom. The van der Waals surface area contributed by atoms with Gasteiger partial charge in [0, 0.05) is 17.0 Å². The average Bonchev–Trinajstić information content (AvgIpc) is 3.26. The van der Waals surface area contributed by atoms with Gasteiger partial charge < -0.3 is 0 Å². The van der Waals surface area contributed by atoms with E-state index >= 15 is 0 Å². The Morgan fingerprint density at radius 1 is 1.09 bits per heavy atom. The number of pyridine rings is 1. The Kier molecular flexibility index (Phi) is 3.83. The first kappa shape index (κ1) is 14.0. The molecule has 0 saturated carbocycles. The molecule has 1 aromatic carbocycles. The molecule has 0 aliphatic heterocycles. The number of aromatic nitrogens is 2. The Labute approximate surface area is 141 Å². The van der Waals surface area contributed by atoms with Crippen molar-refractivity contribution in [2.24, 2.45) is 5.10 Å². The summed E-state index contributed by atoms with van der Waals surface area (Å²) in [5, 5.41) is 10.2. The molecule has 0 unspecified atom stereocenters. The van der Waals surface area contributed by atoms with Crippen LogP contribution in [0.25, 0.3) is 21.5 Å². The fraction of sp³-hybridized carbons (Fsp3) is 0. The highest BCUT2D eigenvalue weighted by atomic mass is 32.1. The number of nitrogens with zero attached hydrogens (tertiary/aromatic N) is 3. The topological polar surface area (TPSA) is 50.2 Å². The zero-order valence-electron chi connectivity index (χ0n) is 12.0. The number of thiophene rings is 1. The molecular weight excluding hydrogens is 324 g/mol. The van der Waals surface area contributed by atoms with E-state index in [1.54, 1.807) is 35.1 Å². The van der Waals surface area contributed by atoms with Crippen LogP contribution in [0, 0.1) is 0 Å². The van der Waals surface area contributed by atoms with Gasteiger partial charge in [0.25, 0.3) is 0 Å². The lowest BCUT2D eigenvalue weighted by Gasteiger charge is -1.98. The summed E-state index contributed by atoms with van der Waals surface area (Å²) in [7, 11) is 0. The zero-order valence-corrected chi connectivity index (χ0v) is 13.6. The van der Waals surface area contributed by atoms with Crippen molar-refractivity contribution < 1.29 is 0 Å². The summed E-state index contributed by atoms with van der Waals surface area (Å²) in [6.07, 6.45) is 3.59. The molecule has 112 valence electrons. The van der Waals surface area contributed by atoms with Crippen LogP contribution in [-0.4, -0.2) is 16.2 Å². The van der Waals surface area contributed by atoms with Gasteiger partial charge in [0.05, 0.1) is 22.3 Å². The molecule has 1 N–H and O–H groups in total. The molecule has 0 saturated heterocycles. The van der Waals surface area contributed by atoms with Crippen molar-refractivity contribution >= 4 is 44.9 Å². The minimum Gasteiger partial charge on any atom is -0.256 e. The van der Waals surface area contributed by atoms with Gasteiger partial charge in [0.1, 0.15) is 0 Å². The van der Waals surface area contributed by atoms with Crippen LogP contribution in [0.5, 0.6) is 0 Å². The summed E-state index contributed by atoms with van der Waals surface area (Å²) >= 11 is 3.23. The van der Waals surface area contributed by atoms with Gasteiger partial charge in [-0.1, -0.05) is 18.2 Å². The van der Waals surface area contributed by atoms with Crippen LogP contribution in [0.4, 0.5) is 5.13 Å². The lowest BCUT2D eigenvalue weighted by Crippen LogP contribution is -1.90. The van der Waals surface area contributed by atoms with Gasteiger partial charge in [0.15, 0.2) is 0 Å². The number of nitrogens with one attached hydrogen (secondary N) is 1. The number of hydrogen-bond acceptors (Lipinski definition) is 6. The molecule has 23 heavy (non-hydrogen) atoms. The van der Waals surface area contributed by atoms with Crippen LogP contribution in [0.3, 0.4) is 0 Å². The molecule has 4 rings (SSSR count). The molecule has 3 heterocycles. The van der Waals surface area contributed by atoms with Crippen LogP contribution in [-0.2, 0) is 0 Å². The second kappa shape index (κ2) is 6.28. The van der Waals surface area contributed by atoms with E-state index in [1.165, 1.54) is 4.88 Å². The van der Waals surface area contributed by atoms with Crippen LogP contribution in [0.1, 0.15) is 5.56 Å². The lowest BCUT2D eigenvalue weighted by atomic mass is 10.1. The Hall–Kier alpha value is -2.57. The van der Waals surface area contributed by atoms with Crippen molar-refractivity contribution in [1.82, 2.24) is 9.97 Å². The van der Waals surface area contributed by atoms with Crippen molar-refractivity contribution in [2.75, 3.05) is 5.43 Å². The van der Waals surface area contributed by atoms with E-state index in [0.29, 0.717) is 0 Å². The summed E-state index contributed by atoms with van der Waals surface area (Å²) < 4.78 is 0. The highest BCUT2D eigenvalue weighted by Gasteiger charge is 2.04. The third kappa shape index (κ3) is 3.13. The molecule has 3 aromatic heterocycles. The summed E-state index contributed by atoms with van der Waals surface area (Å²) in [6.45, 7) is 0. The average molecular weight is 336 g/mol. The molecule has 0 amide bonds. The molecule has 0 radical (unpaired) electrons. The van der Waals surface area contributed by atoms with Gasteiger partial charge >= 0.3 is 0 Å². The van der Waals surface area contributed by atoms with Gasteiger partial charge in [-0.2, -0.15) is 5.10 Å². The fourth-order valence-corrected chi connectivity index (χ4v) is 3.62. The fourth-order valence-electron chi connectivity index (χ4n) is 2.20. The molecule has 4 aromatic rings. The Morgan fingerprint density at radius 3 is 3.00 bits per heavy atom. The van der Waals surface area contributed by atoms with Crippen LogP contribution >= 0.6 is 22.7 Å². The van der Waals surface area contributed by atoms with Crippen LogP contribution < -0.4 is 5.43 Å². The lowest BCUT2D eigenvalue weighted by molar-refractivity contribution is 1.29. The number of benzene rings is 1. The number of anilines is 1. The number of rotatable bonds is 4. The molecule has 6 heteroatoms. The van der Waals surface area contributed by atoms with E-state index < -0.39 is 0 Å². The Balaban J connectivity index is 1.48. The van der Waals surface area contributed by atoms with Crippen molar-refractivity contribution in [2.45, 2.75) is 0 Å². The third-order valence-electron chi connectivity index (χ3n) is 3.28. The maximum atomic E-state index is 4.53. The highest BCUT2D eigenvalue weighted by Crippen LogP contribution is 2.28. The first-order valence-electron chi connectivity index (χ1n) is 7.02. The molecule has 0 bridgehead atoms.